The third kappa shape index (κ3) is 3.54. The molecule has 0 heterocycles. The zero-order valence-corrected chi connectivity index (χ0v) is 11.4. The fraction of sp³-hybridized carbons (Fsp3) is 0.118. The van der Waals surface area contributed by atoms with Gasteiger partial charge in [0.2, 0.25) is 5.78 Å². The lowest BCUT2D eigenvalue weighted by molar-refractivity contribution is 0.0319. The number of hydrogen-bond acceptors (Lipinski definition) is 4. The van der Waals surface area contributed by atoms with Crippen molar-refractivity contribution in [2.24, 2.45) is 0 Å². The number of hydrogen-bond donors (Lipinski definition) is 0. The molecule has 4 nitrogen and oxygen atoms in total. The van der Waals surface area contributed by atoms with Gasteiger partial charge in [-0.25, -0.2) is 4.79 Å². The minimum absolute atomic E-state index is 0.252. The second kappa shape index (κ2) is 6.49. The van der Waals surface area contributed by atoms with Crippen molar-refractivity contribution < 1.29 is 14.3 Å². The zero-order chi connectivity index (χ0) is 15.2. The van der Waals surface area contributed by atoms with Crippen LogP contribution in [0.2, 0.25) is 0 Å². The Bertz CT molecular complexity index is 684. The summed E-state index contributed by atoms with van der Waals surface area (Å²) in [6.45, 7) is 1.54. The van der Waals surface area contributed by atoms with Crippen molar-refractivity contribution >= 4 is 11.8 Å². The third-order valence-electron chi connectivity index (χ3n) is 2.96. The number of carbonyl (C=O) groups excluding carboxylic acids is 2. The molecule has 0 fully saturated rings. The highest BCUT2D eigenvalue weighted by atomic mass is 16.5. The van der Waals surface area contributed by atoms with E-state index in [9.17, 15) is 9.59 Å². The van der Waals surface area contributed by atoms with Gasteiger partial charge < -0.3 is 4.74 Å². The molecule has 0 N–H and O–H groups in total. The number of nitrogens with zero attached hydrogens (tertiary/aromatic N) is 1. The summed E-state index contributed by atoms with van der Waals surface area (Å²) in [5.41, 5.74) is 1.26. The van der Waals surface area contributed by atoms with Crippen molar-refractivity contribution in [1.82, 2.24) is 0 Å². The van der Waals surface area contributed by atoms with Crippen LogP contribution in [0.1, 0.15) is 33.2 Å². The topological polar surface area (TPSA) is 67.2 Å². The number of rotatable bonds is 4. The van der Waals surface area contributed by atoms with Crippen LogP contribution >= 0.6 is 0 Å². The molecule has 0 saturated carbocycles. The van der Waals surface area contributed by atoms with E-state index >= 15 is 0 Å². The second-order valence-electron chi connectivity index (χ2n) is 4.47. The molecular formula is C17H13NO3. The van der Waals surface area contributed by atoms with Gasteiger partial charge in [-0.2, -0.15) is 5.26 Å². The number of ether oxygens (including phenoxy) is 1. The second-order valence-corrected chi connectivity index (χ2v) is 4.47. The van der Waals surface area contributed by atoms with Crippen LogP contribution in [0.3, 0.4) is 0 Å². The molecule has 2 rings (SSSR count). The molecule has 0 aliphatic rings. The van der Waals surface area contributed by atoms with E-state index in [0.29, 0.717) is 16.7 Å². The average Bonchev–Trinajstić information content (AvgIpc) is 2.55. The van der Waals surface area contributed by atoms with Crippen LogP contribution in [0.25, 0.3) is 0 Å². The normalized spacial score (nSPS) is 11.2. The lowest BCUT2D eigenvalue weighted by atomic mass is 10.1. The number of esters is 1. The molecule has 4 heteroatoms. The predicted octanol–water partition coefficient (Wildman–Crippen LogP) is 2.99. The van der Waals surface area contributed by atoms with Gasteiger partial charge in [0, 0.05) is 5.56 Å². The van der Waals surface area contributed by atoms with Crippen LogP contribution in [0, 0.1) is 11.3 Å². The van der Waals surface area contributed by atoms with E-state index in [2.05, 4.69) is 0 Å². The van der Waals surface area contributed by atoms with Gasteiger partial charge in [0.05, 0.1) is 17.2 Å². The number of Topliss-reactive ketones (excluding diaryl/α,β-unsaturated/α-hetero) is 1. The molecule has 21 heavy (non-hydrogen) atoms. The fourth-order valence-corrected chi connectivity index (χ4v) is 1.80. The minimum atomic E-state index is -0.865. The SMILES string of the molecule is CC(OC(=O)c1ccc(C#N)cc1)C(=O)c1ccccc1. The maximum atomic E-state index is 12.1. The zero-order valence-electron chi connectivity index (χ0n) is 11.4. The van der Waals surface area contributed by atoms with Gasteiger partial charge in [-0.05, 0) is 31.2 Å². The number of benzene rings is 2. The highest BCUT2D eigenvalue weighted by Gasteiger charge is 2.20. The summed E-state index contributed by atoms with van der Waals surface area (Å²) < 4.78 is 5.15. The molecule has 0 aromatic heterocycles. The molecule has 104 valence electrons. The summed E-state index contributed by atoms with van der Waals surface area (Å²) in [6, 6.07) is 16.7. The number of ketones is 1. The van der Waals surface area contributed by atoms with E-state index in [1.54, 1.807) is 24.3 Å². The highest BCUT2D eigenvalue weighted by molar-refractivity contribution is 6.01. The van der Waals surface area contributed by atoms with E-state index in [1.807, 2.05) is 12.1 Å². The van der Waals surface area contributed by atoms with Crippen LogP contribution in [0.5, 0.6) is 0 Å². The van der Waals surface area contributed by atoms with Crippen molar-refractivity contribution in [2.45, 2.75) is 13.0 Å². The Labute approximate surface area is 122 Å². The van der Waals surface area contributed by atoms with Crippen molar-refractivity contribution in [3.8, 4) is 6.07 Å². The Morgan fingerprint density at radius 3 is 2.19 bits per heavy atom. The number of nitriles is 1. The quantitative estimate of drug-likeness (QED) is 0.637. The molecular weight excluding hydrogens is 266 g/mol. The summed E-state index contributed by atoms with van der Waals surface area (Å²) in [7, 11) is 0. The summed E-state index contributed by atoms with van der Waals surface area (Å²) in [6.07, 6.45) is -0.865. The Balaban J connectivity index is 2.05. The Morgan fingerprint density at radius 1 is 1.00 bits per heavy atom. The Hall–Kier alpha value is -2.93. The monoisotopic (exact) mass is 279 g/mol. The Morgan fingerprint density at radius 2 is 1.62 bits per heavy atom. The van der Waals surface area contributed by atoms with Crippen LogP contribution in [-0.2, 0) is 4.74 Å². The van der Waals surface area contributed by atoms with Crippen LogP contribution in [0.4, 0.5) is 0 Å². The fourth-order valence-electron chi connectivity index (χ4n) is 1.80. The summed E-state index contributed by atoms with van der Waals surface area (Å²) in [5.74, 6) is -0.839. The lowest BCUT2D eigenvalue weighted by Gasteiger charge is -2.12. The van der Waals surface area contributed by atoms with Gasteiger partial charge in [0.25, 0.3) is 0 Å². The molecule has 0 saturated heterocycles. The van der Waals surface area contributed by atoms with Gasteiger partial charge in [0.1, 0.15) is 0 Å². The molecule has 0 amide bonds. The van der Waals surface area contributed by atoms with E-state index in [0.717, 1.165) is 0 Å². The van der Waals surface area contributed by atoms with Crippen LogP contribution < -0.4 is 0 Å². The molecule has 0 aliphatic carbocycles. The predicted molar refractivity (Wildman–Crippen MR) is 76.8 cm³/mol. The average molecular weight is 279 g/mol. The van der Waals surface area contributed by atoms with E-state index in [4.69, 9.17) is 10.00 Å². The van der Waals surface area contributed by atoms with Crippen molar-refractivity contribution in [1.29, 1.82) is 5.26 Å². The van der Waals surface area contributed by atoms with Crippen LogP contribution in [-0.4, -0.2) is 17.9 Å². The number of carbonyl (C=O) groups is 2. The van der Waals surface area contributed by atoms with Gasteiger partial charge in [-0.1, -0.05) is 30.3 Å². The molecule has 0 radical (unpaired) electrons. The smallest absolute Gasteiger partial charge is 0.338 e. The first-order valence-corrected chi connectivity index (χ1v) is 6.42. The van der Waals surface area contributed by atoms with Crippen molar-refractivity contribution in [3.05, 3.63) is 71.3 Å². The van der Waals surface area contributed by atoms with E-state index in [1.165, 1.54) is 31.2 Å². The third-order valence-corrected chi connectivity index (χ3v) is 2.96. The van der Waals surface area contributed by atoms with Gasteiger partial charge in [-0.3, -0.25) is 4.79 Å². The molecule has 0 spiro atoms. The lowest BCUT2D eigenvalue weighted by Crippen LogP contribution is -2.24. The minimum Gasteiger partial charge on any atom is -0.451 e. The maximum Gasteiger partial charge on any atom is 0.338 e. The first kappa shape index (κ1) is 14.5. The Kier molecular flexibility index (Phi) is 4.47. The first-order chi connectivity index (χ1) is 10.1. The molecule has 0 bridgehead atoms. The summed E-state index contributed by atoms with van der Waals surface area (Å²) in [4.78, 5) is 24.0. The first-order valence-electron chi connectivity index (χ1n) is 6.42. The van der Waals surface area contributed by atoms with E-state index < -0.39 is 12.1 Å². The standard InChI is InChI=1S/C17H13NO3/c1-12(16(19)14-5-3-2-4-6-14)21-17(20)15-9-7-13(11-18)8-10-15/h2-10,12H,1H3. The summed E-state index contributed by atoms with van der Waals surface area (Å²) in [5, 5.41) is 8.70. The van der Waals surface area contributed by atoms with Crippen LogP contribution in [0.15, 0.2) is 54.6 Å². The molecule has 1 unspecified atom stereocenters. The van der Waals surface area contributed by atoms with Gasteiger partial charge >= 0.3 is 5.97 Å². The molecule has 1 atom stereocenters. The molecule has 2 aromatic carbocycles. The van der Waals surface area contributed by atoms with Crippen molar-refractivity contribution in [2.75, 3.05) is 0 Å². The van der Waals surface area contributed by atoms with Crippen molar-refractivity contribution in [3.63, 3.8) is 0 Å². The largest absolute Gasteiger partial charge is 0.451 e. The van der Waals surface area contributed by atoms with Gasteiger partial charge in [0.15, 0.2) is 6.10 Å². The summed E-state index contributed by atoms with van der Waals surface area (Å²) >= 11 is 0. The molecule has 2 aromatic rings. The molecule has 0 aliphatic heterocycles. The van der Waals surface area contributed by atoms with E-state index in [-0.39, 0.29) is 5.78 Å². The highest BCUT2D eigenvalue weighted by Crippen LogP contribution is 2.10. The van der Waals surface area contributed by atoms with Gasteiger partial charge in [-0.15, -0.1) is 0 Å². The maximum absolute atomic E-state index is 12.1.